The molecule has 0 atom stereocenters. The lowest BCUT2D eigenvalue weighted by atomic mass is 10.1. The van der Waals surface area contributed by atoms with E-state index in [9.17, 15) is 25.0 Å². The summed E-state index contributed by atoms with van der Waals surface area (Å²) in [4.78, 5) is 40.1. The van der Waals surface area contributed by atoms with Crippen LogP contribution in [0.3, 0.4) is 0 Å². The van der Waals surface area contributed by atoms with Crippen molar-refractivity contribution < 1.29 is 19.0 Å². The predicted octanol–water partition coefficient (Wildman–Crippen LogP) is 7.50. The molecule has 0 aliphatic carbocycles. The SMILES string of the molecule is O=c1c2ccccc2nc(-c2cc3cc(Br)ccc3o2)n1N=Cc1cc(Cl)cc([N+](=O)[O-])c1OCc1ccc([N+](=O)[O-])cc1. The molecule has 0 bridgehead atoms. The lowest BCUT2D eigenvalue weighted by Gasteiger charge is -2.11. The zero-order chi connectivity index (χ0) is 31.0. The molecule has 0 aliphatic heterocycles. The van der Waals surface area contributed by atoms with Gasteiger partial charge >= 0.3 is 5.69 Å². The molecule has 0 aliphatic rings. The molecule has 0 N–H and O–H groups in total. The number of benzene rings is 4. The highest BCUT2D eigenvalue weighted by Crippen LogP contribution is 2.35. The fourth-order valence-corrected chi connectivity index (χ4v) is 5.09. The molecule has 0 saturated carbocycles. The standard InChI is InChI=1S/C30H17BrClN5O7/c31-20-7-10-26-18(11-20)13-27(44-26)29-34-24-4-2-1-3-23(24)30(38)35(29)33-15-19-12-21(32)14-25(37(41)42)28(19)43-16-17-5-8-22(9-6-17)36(39)40/h1-15H,16H2. The van der Waals surface area contributed by atoms with Gasteiger partial charge in [0.15, 0.2) is 5.76 Å². The smallest absolute Gasteiger partial charge is 0.313 e. The van der Waals surface area contributed by atoms with E-state index in [0.717, 1.165) is 20.6 Å². The van der Waals surface area contributed by atoms with Crippen molar-refractivity contribution in [3.05, 3.63) is 136 Å². The van der Waals surface area contributed by atoms with Gasteiger partial charge in [-0.3, -0.25) is 25.0 Å². The van der Waals surface area contributed by atoms with Crippen molar-refractivity contribution in [2.75, 3.05) is 0 Å². The van der Waals surface area contributed by atoms with Crippen molar-refractivity contribution in [3.8, 4) is 17.3 Å². The Morgan fingerprint density at radius 2 is 1.77 bits per heavy atom. The Hall–Kier alpha value is -5.40. The first-order chi connectivity index (χ1) is 21.2. The summed E-state index contributed by atoms with van der Waals surface area (Å²) in [5, 5.41) is 28.4. The molecule has 2 heterocycles. The second kappa shape index (κ2) is 11.7. The van der Waals surface area contributed by atoms with Crippen LogP contribution in [-0.4, -0.2) is 25.7 Å². The summed E-state index contributed by atoms with van der Waals surface area (Å²) < 4.78 is 13.7. The van der Waals surface area contributed by atoms with Gasteiger partial charge in [0.25, 0.3) is 11.2 Å². The molecular formula is C30H17BrClN5O7. The van der Waals surface area contributed by atoms with Crippen LogP contribution in [0.4, 0.5) is 11.4 Å². The number of para-hydroxylation sites is 1. The summed E-state index contributed by atoms with van der Waals surface area (Å²) in [6.45, 7) is -0.154. The van der Waals surface area contributed by atoms with E-state index >= 15 is 0 Å². The highest BCUT2D eigenvalue weighted by atomic mass is 79.9. The van der Waals surface area contributed by atoms with Crippen molar-refractivity contribution in [2.45, 2.75) is 6.61 Å². The van der Waals surface area contributed by atoms with E-state index in [1.165, 1.54) is 36.5 Å². The number of nitro benzene ring substituents is 2. The van der Waals surface area contributed by atoms with Crippen LogP contribution in [0.2, 0.25) is 5.02 Å². The van der Waals surface area contributed by atoms with Crippen molar-refractivity contribution in [1.82, 2.24) is 9.66 Å². The van der Waals surface area contributed by atoms with E-state index in [2.05, 4.69) is 26.0 Å². The van der Waals surface area contributed by atoms with Gasteiger partial charge in [-0.05, 0) is 60.2 Å². The molecule has 0 unspecified atom stereocenters. The van der Waals surface area contributed by atoms with Crippen LogP contribution in [-0.2, 0) is 6.61 Å². The fraction of sp³-hybridized carbons (Fsp3) is 0.0333. The molecular weight excluding hydrogens is 658 g/mol. The normalized spacial score (nSPS) is 11.4. The summed E-state index contributed by atoms with van der Waals surface area (Å²) >= 11 is 9.66. The molecule has 0 spiro atoms. The Balaban J connectivity index is 1.46. The molecule has 0 fully saturated rings. The zero-order valence-electron chi connectivity index (χ0n) is 22.2. The molecule has 4 aromatic carbocycles. The van der Waals surface area contributed by atoms with E-state index in [1.54, 1.807) is 36.4 Å². The number of hydrogen-bond donors (Lipinski definition) is 0. The highest BCUT2D eigenvalue weighted by molar-refractivity contribution is 9.10. The number of nitrogens with zero attached hydrogens (tertiary/aromatic N) is 5. The Morgan fingerprint density at radius 1 is 1.00 bits per heavy atom. The molecule has 0 radical (unpaired) electrons. The number of halogens is 2. The first-order valence-corrected chi connectivity index (χ1v) is 13.9. The number of furan rings is 1. The Kier molecular flexibility index (Phi) is 7.64. The molecule has 218 valence electrons. The number of fused-ring (bicyclic) bond motifs is 2. The van der Waals surface area contributed by atoms with Crippen LogP contribution < -0.4 is 10.3 Å². The monoisotopic (exact) mass is 673 g/mol. The summed E-state index contributed by atoms with van der Waals surface area (Å²) in [6, 6.07) is 22.0. The molecule has 6 rings (SSSR count). The third-order valence-corrected chi connectivity index (χ3v) is 7.27. The summed E-state index contributed by atoms with van der Waals surface area (Å²) in [5.41, 5.74) is 0.560. The quantitative estimate of drug-likeness (QED) is 0.0913. The van der Waals surface area contributed by atoms with Gasteiger partial charge in [-0.15, -0.1) is 0 Å². The van der Waals surface area contributed by atoms with Crippen molar-refractivity contribution in [2.24, 2.45) is 5.10 Å². The van der Waals surface area contributed by atoms with Crippen molar-refractivity contribution in [1.29, 1.82) is 0 Å². The largest absolute Gasteiger partial charge is 0.481 e. The van der Waals surface area contributed by atoms with Crippen molar-refractivity contribution >= 4 is 67.0 Å². The molecule has 6 aromatic rings. The minimum absolute atomic E-state index is 0.0351. The van der Waals surface area contributed by atoms with E-state index in [-0.39, 0.29) is 40.2 Å². The molecule has 0 amide bonds. The van der Waals surface area contributed by atoms with Gasteiger partial charge in [-0.25, -0.2) is 4.98 Å². The average Bonchev–Trinajstić information content (AvgIpc) is 3.43. The summed E-state index contributed by atoms with van der Waals surface area (Å²) in [6.07, 6.45) is 1.21. The van der Waals surface area contributed by atoms with E-state index in [4.69, 9.17) is 20.8 Å². The second-order valence-electron chi connectivity index (χ2n) is 9.42. The van der Waals surface area contributed by atoms with Gasteiger partial charge in [0.05, 0.1) is 27.0 Å². The van der Waals surface area contributed by atoms with Gasteiger partial charge in [-0.2, -0.15) is 9.78 Å². The molecule has 0 saturated heterocycles. The fourth-order valence-electron chi connectivity index (χ4n) is 4.49. The maximum Gasteiger partial charge on any atom is 0.313 e. The number of non-ortho nitro benzene ring substituents is 1. The van der Waals surface area contributed by atoms with Crippen molar-refractivity contribution in [3.63, 3.8) is 0 Å². The van der Waals surface area contributed by atoms with E-state index < -0.39 is 21.1 Å². The van der Waals surface area contributed by atoms with E-state index in [0.29, 0.717) is 22.0 Å². The predicted molar refractivity (Wildman–Crippen MR) is 167 cm³/mol. The maximum absolute atomic E-state index is 13.7. The highest BCUT2D eigenvalue weighted by Gasteiger charge is 2.22. The minimum Gasteiger partial charge on any atom is -0.481 e. The van der Waals surface area contributed by atoms with Crippen LogP contribution in [0.15, 0.2) is 104 Å². The van der Waals surface area contributed by atoms with Crippen LogP contribution in [0.1, 0.15) is 11.1 Å². The first-order valence-electron chi connectivity index (χ1n) is 12.8. The Morgan fingerprint density at radius 3 is 2.52 bits per heavy atom. The van der Waals surface area contributed by atoms with Crippen LogP contribution >= 0.6 is 27.5 Å². The molecule has 2 aromatic heterocycles. The van der Waals surface area contributed by atoms with Gasteiger partial charge in [0.2, 0.25) is 11.6 Å². The lowest BCUT2D eigenvalue weighted by Crippen LogP contribution is -2.20. The molecule has 12 nitrogen and oxygen atoms in total. The van der Waals surface area contributed by atoms with Gasteiger partial charge in [0.1, 0.15) is 12.2 Å². The third kappa shape index (κ3) is 5.65. The Labute approximate surface area is 260 Å². The number of hydrogen-bond acceptors (Lipinski definition) is 9. The molecule has 44 heavy (non-hydrogen) atoms. The van der Waals surface area contributed by atoms with Crippen LogP contribution in [0.25, 0.3) is 33.5 Å². The van der Waals surface area contributed by atoms with Crippen LogP contribution in [0, 0.1) is 20.2 Å². The average molecular weight is 675 g/mol. The second-order valence-corrected chi connectivity index (χ2v) is 10.8. The third-order valence-electron chi connectivity index (χ3n) is 6.55. The summed E-state index contributed by atoms with van der Waals surface area (Å²) in [5.74, 6) is 0.199. The number of rotatable bonds is 8. The number of aromatic nitrogens is 2. The lowest BCUT2D eigenvalue weighted by molar-refractivity contribution is -0.386. The molecule has 14 heteroatoms. The zero-order valence-corrected chi connectivity index (χ0v) is 24.6. The number of nitro groups is 2. The van der Waals surface area contributed by atoms with Gasteiger partial charge in [0, 0.05) is 38.6 Å². The number of ether oxygens (including phenoxy) is 1. The van der Waals surface area contributed by atoms with Gasteiger partial charge < -0.3 is 9.15 Å². The minimum atomic E-state index is -0.657. The topological polar surface area (TPSA) is 156 Å². The van der Waals surface area contributed by atoms with Gasteiger partial charge in [-0.1, -0.05) is 39.7 Å². The summed E-state index contributed by atoms with van der Waals surface area (Å²) in [7, 11) is 0. The van der Waals surface area contributed by atoms with E-state index in [1.807, 2.05) is 12.1 Å². The Bertz CT molecular complexity index is 2200. The first kappa shape index (κ1) is 28.7. The maximum atomic E-state index is 13.7. The van der Waals surface area contributed by atoms with Crippen LogP contribution in [0.5, 0.6) is 5.75 Å².